The molecule has 0 radical (unpaired) electrons. The minimum absolute atomic E-state index is 0. The summed E-state index contributed by atoms with van der Waals surface area (Å²) in [5.41, 5.74) is 12.9. The molecule has 0 saturated carbocycles. The minimum Gasteiger partial charge on any atom is -0.550 e. The van der Waals surface area contributed by atoms with Gasteiger partial charge in [-0.2, -0.15) is 9.97 Å². The van der Waals surface area contributed by atoms with Gasteiger partial charge in [-0.05, 0) is 74.2 Å². The third-order valence-corrected chi connectivity index (χ3v) is 8.69. The molecular formula is C38H36FeN14O12. The Labute approximate surface area is 374 Å². The van der Waals surface area contributed by atoms with Crippen LogP contribution in [0.5, 0.6) is 0 Å². The molecule has 0 saturated heterocycles. The number of aromatic nitrogens is 8. The van der Waals surface area contributed by atoms with Crippen molar-refractivity contribution in [3.8, 4) is 0 Å². The van der Waals surface area contributed by atoms with Gasteiger partial charge in [-0.3, -0.25) is 29.1 Å². The molecule has 4 aromatic heterocycles. The zero-order valence-corrected chi connectivity index (χ0v) is 34.4. The number of benzene rings is 2. The van der Waals surface area contributed by atoms with Crippen molar-refractivity contribution >= 4 is 81.3 Å². The number of fused-ring (bicyclic) bond motifs is 2. The van der Waals surface area contributed by atoms with Gasteiger partial charge in [-0.25, -0.2) is 29.5 Å². The number of nitrogens with two attached hydrogens (primary N) is 2. The maximum atomic E-state index is 12.3. The molecule has 12 N–H and O–H groups in total. The summed E-state index contributed by atoms with van der Waals surface area (Å²) in [6.45, 7) is 0.450. The molecule has 0 aliphatic heterocycles. The predicted molar refractivity (Wildman–Crippen MR) is 219 cm³/mol. The molecule has 6 rings (SSSR count). The van der Waals surface area contributed by atoms with E-state index in [2.05, 4.69) is 61.1 Å². The average Bonchev–Trinajstić information content (AvgIpc) is 3.25. The average molecular weight is 937 g/mol. The van der Waals surface area contributed by atoms with Crippen LogP contribution in [0.1, 0.15) is 57.8 Å². The first kappa shape index (κ1) is 49.1. The zero-order chi connectivity index (χ0) is 46.5. The molecule has 2 unspecified atom stereocenters. The first-order valence-corrected chi connectivity index (χ1v) is 18.6. The number of nitrogens with zero attached hydrogens (tertiary/aromatic N) is 6. The van der Waals surface area contributed by atoms with Gasteiger partial charge < -0.3 is 62.7 Å². The second-order valence-electron chi connectivity index (χ2n) is 13.4. The summed E-state index contributed by atoms with van der Waals surface area (Å²) in [4.78, 5) is 121. The maximum absolute atomic E-state index is 12.3. The van der Waals surface area contributed by atoms with E-state index < -0.39 is 71.7 Å². The van der Waals surface area contributed by atoms with Crippen LogP contribution in [0.4, 0.5) is 23.3 Å². The molecule has 0 aliphatic carbocycles. The molecule has 0 bridgehead atoms. The van der Waals surface area contributed by atoms with E-state index in [-0.39, 0.29) is 88.4 Å². The van der Waals surface area contributed by atoms with Gasteiger partial charge in [0.25, 0.3) is 22.9 Å². The molecule has 6 aromatic rings. The number of aliphatic carboxylic acids is 4. The van der Waals surface area contributed by atoms with E-state index in [1.807, 2.05) is 0 Å². The number of nitrogens with one attached hydrogen (secondary N) is 6. The van der Waals surface area contributed by atoms with E-state index in [9.17, 15) is 48.6 Å². The molecule has 0 aliphatic rings. The van der Waals surface area contributed by atoms with E-state index in [0.717, 1.165) is 0 Å². The number of rotatable bonds is 18. The molecule has 26 nitrogen and oxygen atoms in total. The number of anilines is 4. The first-order chi connectivity index (χ1) is 30.4. The van der Waals surface area contributed by atoms with Crippen molar-refractivity contribution in [2.45, 2.75) is 50.9 Å². The van der Waals surface area contributed by atoms with Crippen LogP contribution in [0, 0.1) is 0 Å². The molecule has 65 heavy (non-hydrogen) atoms. The molecule has 0 spiro atoms. The Hall–Kier alpha value is -8.58. The third-order valence-electron chi connectivity index (χ3n) is 8.69. The number of H-pyrrole nitrogens is 2. The number of carboxylic acids is 4. The van der Waals surface area contributed by atoms with Crippen LogP contribution < -0.4 is 54.1 Å². The first-order valence-electron chi connectivity index (χ1n) is 18.6. The van der Waals surface area contributed by atoms with Crippen LogP contribution >= 0.6 is 0 Å². The van der Waals surface area contributed by atoms with Crippen LogP contribution in [0.15, 0.2) is 70.5 Å². The van der Waals surface area contributed by atoms with Gasteiger partial charge in [-0.1, -0.05) is 0 Å². The Morgan fingerprint density at radius 3 is 1.28 bits per heavy atom. The van der Waals surface area contributed by atoms with Gasteiger partial charge >= 0.3 is 29.0 Å². The fraction of sp³-hybridized carbons (Fsp3) is 0.211. The normalized spacial score (nSPS) is 11.4. The Kier molecular flexibility index (Phi) is 17.0. The SMILES string of the molecule is Nc1nc2ncc(CNc3ccc(C(=O)NC(CCC(=O)[O-])C(=O)O)cc3)nc2c(=O)[nH]1.Nc1nc2ncc(CNc3ccc(C(=O)NC(CCC(=O)[O-])C(=O)O)cc3)nc2c(=O)[nH]1.[Fe+2]. The standard InChI is InChI=1S/2C19H19N7O6.Fe/c2*20-19-25-15-14(17(30)26-19)23-11(8-22-15)7-21-10-3-1-9(2-4-10)16(29)24-12(18(31)32)5-6-13(27)28;/h2*1-4,8,12,21H,5-7H2,(H,24,29)(H,27,28)(H,31,32)(H3,20,22,25,26,30);/q;;+2/p-2. The summed E-state index contributed by atoms with van der Waals surface area (Å²) < 4.78 is 0. The zero-order valence-electron chi connectivity index (χ0n) is 33.3. The third kappa shape index (κ3) is 14.2. The van der Waals surface area contributed by atoms with Crippen molar-refractivity contribution in [2.75, 3.05) is 22.1 Å². The van der Waals surface area contributed by atoms with Crippen molar-refractivity contribution in [1.29, 1.82) is 0 Å². The summed E-state index contributed by atoms with van der Waals surface area (Å²) in [5.74, 6) is -6.91. The molecule has 0 fully saturated rings. The summed E-state index contributed by atoms with van der Waals surface area (Å²) in [5, 5.41) is 49.9. The van der Waals surface area contributed by atoms with Crippen molar-refractivity contribution in [1.82, 2.24) is 50.5 Å². The summed E-state index contributed by atoms with van der Waals surface area (Å²) >= 11 is 0. The molecule has 4 heterocycles. The Morgan fingerprint density at radius 2 is 0.954 bits per heavy atom. The summed E-state index contributed by atoms with van der Waals surface area (Å²) in [6.07, 6.45) is 1.32. The van der Waals surface area contributed by atoms with E-state index in [0.29, 0.717) is 22.8 Å². The monoisotopic (exact) mass is 936 g/mol. The fourth-order valence-corrected chi connectivity index (χ4v) is 5.50. The number of hydrogen-bond acceptors (Lipinski definition) is 20. The van der Waals surface area contributed by atoms with Gasteiger partial charge in [-0.15, -0.1) is 0 Å². The van der Waals surface area contributed by atoms with E-state index >= 15 is 0 Å². The smallest absolute Gasteiger partial charge is 0.550 e. The second kappa shape index (κ2) is 22.5. The second-order valence-corrected chi connectivity index (χ2v) is 13.4. The van der Waals surface area contributed by atoms with Crippen molar-refractivity contribution in [3.05, 3.63) is 104 Å². The molecule has 27 heteroatoms. The Balaban J connectivity index is 0.000000280. The quantitative estimate of drug-likeness (QED) is 0.0390. The van der Waals surface area contributed by atoms with Gasteiger partial charge in [0.15, 0.2) is 22.3 Å². The van der Waals surface area contributed by atoms with Gasteiger partial charge in [0.1, 0.15) is 12.1 Å². The summed E-state index contributed by atoms with van der Waals surface area (Å²) in [7, 11) is 0. The van der Waals surface area contributed by atoms with Gasteiger partial charge in [0, 0.05) is 34.4 Å². The number of carboxylic acid groups (broad SMARTS) is 4. The number of carbonyl (C=O) groups is 6. The van der Waals surface area contributed by atoms with Crippen LogP contribution in [-0.4, -0.2) is 97.9 Å². The molecule has 2 atom stereocenters. The number of nitrogen functional groups attached to an aromatic ring is 2. The van der Waals surface area contributed by atoms with E-state index in [1.165, 1.54) is 36.7 Å². The van der Waals surface area contributed by atoms with Crippen molar-refractivity contribution in [2.24, 2.45) is 0 Å². The number of carbonyl (C=O) groups excluding carboxylic acids is 4. The number of amides is 2. The Bertz CT molecular complexity index is 2650. The number of hydrogen-bond donors (Lipinski definition) is 10. The van der Waals surface area contributed by atoms with Crippen molar-refractivity contribution in [3.63, 3.8) is 0 Å². The predicted octanol–water partition coefficient (Wildman–Crippen LogP) is -2.76. The molecule has 2 amide bonds. The molecular weight excluding hydrogens is 900 g/mol. The maximum Gasteiger partial charge on any atom is 2.00 e. The topological polar surface area (TPSA) is 432 Å². The van der Waals surface area contributed by atoms with E-state index in [1.54, 1.807) is 24.3 Å². The van der Waals surface area contributed by atoms with Crippen LogP contribution in [0.3, 0.4) is 0 Å². The Morgan fingerprint density at radius 1 is 0.600 bits per heavy atom. The van der Waals surface area contributed by atoms with Crippen LogP contribution in [-0.2, 0) is 49.3 Å². The number of aromatic amines is 2. The van der Waals surface area contributed by atoms with Crippen molar-refractivity contribution < 1.29 is 66.3 Å². The molecule has 2 aromatic carbocycles. The molecule has 338 valence electrons. The van der Waals surface area contributed by atoms with Gasteiger partial charge in [0.2, 0.25) is 11.9 Å². The largest absolute Gasteiger partial charge is 2.00 e. The minimum atomic E-state index is -1.40. The fourth-order valence-electron chi connectivity index (χ4n) is 5.50. The van der Waals surface area contributed by atoms with E-state index in [4.69, 9.17) is 21.7 Å². The van der Waals surface area contributed by atoms with Gasteiger partial charge in [0.05, 0.1) is 36.9 Å². The van der Waals surface area contributed by atoms with Crippen LogP contribution in [0.25, 0.3) is 22.3 Å². The van der Waals surface area contributed by atoms with Crippen LogP contribution in [0.2, 0.25) is 0 Å². The summed E-state index contributed by atoms with van der Waals surface area (Å²) in [6, 6.07) is 9.56.